The van der Waals surface area contributed by atoms with Gasteiger partial charge in [-0.15, -0.1) is 0 Å². The third-order valence-corrected chi connectivity index (χ3v) is 2.28. The third-order valence-electron chi connectivity index (χ3n) is 2.28. The van der Waals surface area contributed by atoms with Crippen molar-refractivity contribution in [2.24, 2.45) is 0 Å². The molecule has 1 atom stereocenters. The van der Waals surface area contributed by atoms with Crippen molar-refractivity contribution in [3.05, 3.63) is 30.1 Å². The monoisotopic (exact) mass is 220 g/mol. The zero-order valence-corrected chi connectivity index (χ0v) is 8.56. The number of pyridine rings is 1. The first kappa shape index (κ1) is 10.6. The van der Waals surface area contributed by atoms with E-state index in [1.807, 2.05) is 6.07 Å². The second kappa shape index (κ2) is 4.71. The van der Waals surface area contributed by atoms with Crippen LogP contribution < -0.4 is 16.2 Å². The average molecular weight is 220 g/mol. The minimum atomic E-state index is -0.482. The first-order valence-electron chi connectivity index (χ1n) is 4.96. The summed E-state index contributed by atoms with van der Waals surface area (Å²) in [6.45, 7) is 0.416. The Morgan fingerprint density at radius 2 is 2.50 bits per heavy atom. The Kier molecular flexibility index (Phi) is 3.11. The minimum absolute atomic E-state index is 0.165. The van der Waals surface area contributed by atoms with Crippen molar-refractivity contribution in [2.45, 2.75) is 19.0 Å². The summed E-state index contributed by atoms with van der Waals surface area (Å²) >= 11 is 0. The zero-order chi connectivity index (χ0) is 11.4. The fraction of sp³-hybridized carbons (Fsp3) is 0.300. The van der Waals surface area contributed by atoms with Crippen LogP contribution in [0.4, 0.5) is 0 Å². The highest BCUT2D eigenvalue weighted by molar-refractivity contribution is 5.90. The first-order chi connectivity index (χ1) is 7.75. The summed E-state index contributed by atoms with van der Waals surface area (Å²) in [6, 6.07) is 3.20. The van der Waals surface area contributed by atoms with Gasteiger partial charge in [-0.25, -0.2) is 5.43 Å². The van der Waals surface area contributed by atoms with Crippen LogP contribution in [0.15, 0.2) is 24.5 Å². The molecule has 0 aliphatic carbocycles. The number of nitrogens with one attached hydrogen (secondary N) is 3. The maximum atomic E-state index is 11.6. The van der Waals surface area contributed by atoms with Crippen LogP contribution in [0.3, 0.4) is 0 Å². The summed E-state index contributed by atoms with van der Waals surface area (Å²) in [7, 11) is 0. The molecular weight excluding hydrogens is 208 g/mol. The van der Waals surface area contributed by atoms with E-state index in [1.54, 1.807) is 18.5 Å². The van der Waals surface area contributed by atoms with Crippen molar-refractivity contribution in [3.8, 4) is 0 Å². The van der Waals surface area contributed by atoms with Crippen molar-refractivity contribution >= 4 is 11.8 Å². The second-order valence-corrected chi connectivity index (χ2v) is 3.53. The molecule has 0 spiro atoms. The largest absolute Gasteiger partial charge is 0.351 e. The molecule has 1 aliphatic rings. The molecule has 1 aromatic rings. The maximum absolute atomic E-state index is 11.6. The van der Waals surface area contributed by atoms with E-state index in [1.165, 1.54) is 0 Å². The molecule has 3 N–H and O–H groups in total. The Labute approximate surface area is 92.4 Å². The van der Waals surface area contributed by atoms with Gasteiger partial charge in [0, 0.05) is 18.9 Å². The van der Waals surface area contributed by atoms with Crippen LogP contribution in [0.5, 0.6) is 0 Å². The molecule has 84 valence electrons. The minimum Gasteiger partial charge on any atom is -0.351 e. The van der Waals surface area contributed by atoms with Crippen molar-refractivity contribution in [1.29, 1.82) is 0 Å². The molecule has 2 rings (SSSR count). The Morgan fingerprint density at radius 3 is 3.12 bits per heavy atom. The van der Waals surface area contributed by atoms with E-state index in [-0.39, 0.29) is 18.2 Å². The van der Waals surface area contributed by atoms with E-state index in [0.717, 1.165) is 5.56 Å². The molecule has 1 fully saturated rings. The highest BCUT2D eigenvalue weighted by Gasteiger charge is 2.27. The van der Waals surface area contributed by atoms with Crippen LogP contribution in [0.2, 0.25) is 0 Å². The molecule has 1 saturated heterocycles. The van der Waals surface area contributed by atoms with Gasteiger partial charge in [0.2, 0.25) is 11.8 Å². The topological polar surface area (TPSA) is 83.1 Å². The molecule has 1 aliphatic heterocycles. The number of carbonyl (C=O) groups excluding carboxylic acids is 2. The van der Waals surface area contributed by atoms with Gasteiger partial charge in [-0.2, -0.15) is 0 Å². The van der Waals surface area contributed by atoms with Gasteiger partial charge < -0.3 is 5.32 Å². The Balaban J connectivity index is 1.82. The van der Waals surface area contributed by atoms with E-state index in [0.29, 0.717) is 6.54 Å². The van der Waals surface area contributed by atoms with Crippen LogP contribution >= 0.6 is 0 Å². The van der Waals surface area contributed by atoms with Crippen molar-refractivity contribution in [3.63, 3.8) is 0 Å². The van der Waals surface area contributed by atoms with Crippen LogP contribution in [-0.2, 0) is 16.1 Å². The fourth-order valence-electron chi connectivity index (χ4n) is 1.43. The molecule has 2 amide bonds. The van der Waals surface area contributed by atoms with Gasteiger partial charge in [0.25, 0.3) is 0 Å². The highest BCUT2D eigenvalue weighted by Crippen LogP contribution is 1.99. The number of hydrogen-bond donors (Lipinski definition) is 3. The number of nitrogens with zero attached hydrogens (tertiary/aromatic N) is 1. The lowest BCUT2D eigenvalue weighted by Gasteiger charge is -2.09. The predicted octanol–water partition coefficient (Wildman–Crippen LogP) is -0.909. The highest BCUT2D eigenvalue weighted by atomic mass is 16.2. The summed E-state index contributed by atoms with van der Waals surface area (Å²) in [6.07, 6.45) is 3.54. The third kappa shape index (κ3) is 2.54. The van der Waals surface area contributed by atoms with Crippen molar-refractivity contribution in [2.75, 3.05) is 0 Å². The standard InChI is InChI=1S/C10H12N4O2/c15-9-4-8(13-14-9)10(16)12-6-7-2-1-3-11-5-7/h1-3,5,8,13H,4,6H2,(H,12,16)(H,14,15). The maximum Gasteiger partial charge on any atom is 0.239 e. The van der Waals surface area contributed by atoms with E-state index in [9.17, 15) is 9.59 Å². The molecule has 0 radical (unpaired) electrons. The molecule has 1 unspecified atom stereocenters. The first-order valence-corrected chi connectivity index (χ1v) is 4.96. The lowest BCUT2D eigenvalue weighted by Crippen LogP contribution is -2.42. The van der Waals surface area contributed by atoms with E-state index < -0.39 is 6.04 Å². The van der Waals surface area contributed by atoms with Gasteiger partial charge in [-0.3, -0.25) is 20.0 Å². The van der Waals surface area contributed by atoms with Gasteiger partial charge in [0.05, 0.1) is 6.42 Å². The molecule has 0 aromatic carbocycles. The van der Waals surface area contributed by atoms with Gasteiger partial charge in [0.15, 0.2) is 0 Å². The van der Waals surface area contributed by atoms with E-state index in [2.05, 4.69) is 21.2 Å². The average Bonchev–Trinajstić information content (AvgIpc) is 2.74. The number of hydrazine groups is 1. The smallest absolute Gasteiger partial charge is 0.239 e. The number of amides is 2. The SMILES string of the molecule is O=C1CC(C(=O)NCc2cccnc2)NN1. The van der Waals surface area contributed by atoms with Crippen molar-refractivity contribution in [1.82, 2.24) is 21.2 Å². The van der Waals surface area contributed by atoms with E-state index in [4.69, 9.17) is 0 Å². The summed E-state index contributed by atoms with van der Waals surface area (Å²) < 4.78 is 0. The normalized spacial score (nSPS) is 19.2. The van der Waals surface area contributed by atoms with Gasteiger partial charge in [-0.1, -0.05) is 6.07 Å². The fourth-order valence-corrected chi connectivity index (χ4v) is 1.43. The number of rotatable bonds is 3. The number of carbonyl (C=O) groups is 2. The molecule has 0 bridgehead atoms. The molecule has 16 heavy (non-hydrogen) atoms. The lowest BCUT2D eigenvalue weighted by atomic mass is 10.2. The van der Waals surface area contributed by atoms with Crippen LogP contribution in [0.1, 0.15) is 12.0 Å². The number of aromatic nitrogens is 1. The van der Waals surface area contributed by atoms with Gasteiger partial charge in [-0.05, 0) is 11.6 Å². The summed E-state index contributed by atoms with van der Waals surface area (Å²) in [5.41, 5.74) is 5.93. The van der Waals surface area contributed by atoms with E-state index >= 15 is 0 Å². The molecule has 2 heterocycles. The summed E-state index contributed by atoms with van der Waals surface area (Å²) in [4.78, 5) is 26.4. The molecule has 1 aromatic heterocycles. The zero-order valence-electron chi connectivity index (χ0n) is 8.56. The Bertz CT molecular complexity index is 393. The molecule has 6 nitrogen and oxygen atoms in total. The number of hydrogen-bond acceptors (Lipinski definition) is 4. The molecular formula is C10H12N4O2. The van der Waals surface area contributed by atoms with Crippen molar-refractivity contribution < 1.29 is 9.59 Å². The summed E-state index contributed by atoms with van der Waals surface area (Å²) in [5.74, 6) is -0.358. The van der Waals surface area contributed by atoms with Crippen LogP contribution in [-0.4, -0.2) is 22.8 Å². The predicted molar refractivity (Wildman–Crippen MR) is 55.8 cm³/mol. The van der Waals surface area contributed by atoms with Crippen LogP contribution in [0.25, 0.3) is 0 Å². The Morgan fingerprint density at radius 1 is 1.62 bits per heavy atom. The van der Waals surface area contributed by atoms with Gasteiger partial charge >= 0.3 is 0 Å². The van der Waals surface area contributed by atoms with Gasteiger partial charge in [0.1, 0.15) is 6.04 Å². The molecule has 6 heteroatoms. The lowest BCUT2D eigenvalue weighted by molar-refractivity contribution is -0.124. The Hall–Kier alpha value is -1.95. The molecule has 0 saturated carbocycles. The van der Waals surface area contributed by atoms with Crippen LogP contribution in [0, 0.1) is 0 Å². The quantitative estimate of drug-likeness (QED) is 0.616. The second-order valence-electron chi connectivity index (χ2n) is 3.53. The summed E-state index contributed by atoms with van der Waals surface area (Å²) in [5, 5.41) is 2.73.